The molecular weight excluding hydrogens is 290 g/mol. The summed E-state index contributed by atoms with van der Waals surface area (Å²) in [5.74, 6) is 1.49. The van der Waals surface area contributed by atoms with Crippen molar-refractivity contribution in [2.24, 2.45) is 5.92 Å². The molecule has 1 spiro atoms. The third-order valence-electron chi connectivity index (χ3n) is 5.39. The van der Waals surface area contributed by atoms with Crippen LogP contribution in [0.25, 0.3) is 5.57 Å². The Morgan fingerprint density at radius 2 is 1.78 bits per heavy atom. The summed E-state index contributed by atoms with van der Waals surface area (Å²) in [5, 5.41) is 14.0. The maximum absolute atomic E-state index is 12.6. The van der Waals surface area contributed by atoms with Gasteiger partial charge in [-0.2, -0.15) is 0 Å². The summed E-state index contributed by atoms with van der Waals surface area (Å²) in [6.07, 6.45) is 3.67. The smallest absolute Gasteiger partial charge is 0.256 e. The molecule has 0 unspecified atom stereocenters. The highest BCUT2D eigenvalue weighted by Crippen LogP contribution is 2.44. The molecule has 1 fully saturated rings. The van der Waals surface area contributed by atoms with Crippen LogP contribution in [0.5, 0.6) is 5.75 Å². The minimum Gasteiger partial charge on any atom is -0.509 e. The lowest BCUT2D eigenvalue weighted by molar-refractivity contribution is -0.116. The van der Waals surface area contributed by atoms with E-state index in [1.54, 1.807) is 7.11 Å². The molecule has 0 radical (unpaired) electrons. The maximum Gasteiger partial charge on any atom is 0.256 e. The van der Waals surface area contributed by atoms with E-state index >= 15 is 0 Å². The van der Waals surface area contributed by atoms with Gasteiger partial charge < -0.3 is 15.2 Å². The normalized spacial score (nSPS) is 27.5. The fourth-order valence-electron chi connectivity index (χ4n) is 3.97. The molecule has 0 aromatic heterocycles. The van der Waals surface area contributed by atoms with Crippen molar-refractivity contribution in [3.63, 3.8) is 0 Å². The predicted octanol–water partition coefficient (Wildman–Crippen LogP) is 3.66. The molecule has 2 N–H and O–H groups in total. The van der Waals surface area contributed by atoms with Crippen LogP contribution < -0.4 is 10.1 Å². The SMILES string of the molecule is COc1cc(C)c(C2=C(O)C3(CCC(C)CC3)NC2=O)c(C)c1. The number of carbonyl (C=O) groups excluding carboxylic acids is 1. The highest BCUT2D eigenvalue weighted by molar-refractivity contribution is 6.24. The Bertz CT molecular complexity index is 659. The molecule has 4 heteroatoms. The summed E-state index contributed by atoms with van der Waals surface area (Å²) in [5.41, 5.74) is 2.60. The lowest BCUT2D eigenvalue weighted by atomic mass is 9.76. The number of hydrogen-bond donors (Lipinski definition) is 2. The molecule has 124 valence electrons. The Hall–Kier alpha value is -1.97. The highest BCUT2D eigenvalue weighted by Gasteiger charge is 2.47. The first-order valence-corrected chi connectivity index (χ1v) is 8.30. The monoisotopic (exact) mass is 315 g/mol. The van der Waals surface area contributed by atoms with Gasteiger partial charge in [0.1, 0.15) is 11.5 Å². The first kappa shape index (κ1) is 15.9. The van der Waals surface area contributed by atoms with Crippen LogP contribution in [0, 0.1) is 19.8 Å². The minimum absolute atomic E-state index is 0.159. The van der Waals surface area contributed by atoms with E-state index in [9.17, 15) is 9.90 Å². The number of nitrogens with one attached hydrogen (secondary N) is 1. The molecule has 23 heavy (non-hydrogen) atoms. The van der Waals surface area contributed by atoms with Gasteiger partial charge in [-0.05, 0) is 74.3 Å². The van der Waals surface area contributed by atoms with Gasteiger partial charge in [0.25, 0.3) is 5.91 Å². The quantitative estimate of drug-likeness (QED) is 0.875. The van der Waals surface area contributed by atoms with Gasteiger partial charge in [0.2, 0.25) is 0 Å². The summed E-state index contributed by atoms with van der Waals surface area (Å²) in [4.78, 5) is 12.6. The topological polar surface area (TPSA) is 58.6 Å². The molecule has 0 bridgehead atoms. The van der Waals surface area contributed by atoms with Gasteiger partial charge >= 0.3 is 0 Å². The zero-order chi connectivity index (χ0) is 16.8. The van der Waals surface area contributed by atoms with Crippen LogP contribution in [0.1, 0.15) is 49.3 Å². The number of methoxy groups -OCH3 is 1. The maximum atomic E-state index is 12.6. The molecule has 4 nitrogen and oxygen atoms in total. The second kappa shape index (κ2) is 5.59. The number of aryl methyl sites for hydroxylation is 2. The zero-order valence-corrected chi connectivity index (χ0v) is 14.3. The molecule has 1 heterocycles. The van der Waals surface area contributed by atoms with Crippen molar-refractivity contribution in [2.75, 3.05) is 7.11 Å². The van der Waals surface area contributed by atoms with Gasteiger partial charge in [0.15, 0.2) is 0 Å². The average Bonchev–Trinajstić information content (AvgIpc) is 2.74. The molecule has 2 aliphatic rings. The van der Waals surface area contributed by atoms with Crippen LogP contribution in [0.15, 0.2) is 17.9 Å². The Morgan fingerprint density at radius 3 is 2.30 bits per heavy atom. The number of amides is 1. The summed E-state index contributed by atoms with van der Waals surface area (Å²) in [6.45, 7) is 6.13. The van der Waals surface area contributed by atoms with Crippen molar-refractivity contribution >= 4 is 11.5 Å². The lowest BCUT2D eigenvalue weighted by Gasteiger charge is -2.36. The van der Waals surface area contributed by atoms with Crippen molar-refractivity contribution < 1.29 is 14.6 Å². The fraction of sp³-hybridized carbons (Fsp3) is 0.526. The summed E-state index contributed by atoms with van der Waals surface area (Å²) >= 11 is 0. The molecule has 1 saturated carbocycles. The first-order chi connectivity index (χ1) is 10.9. The predicted molar refractivity (Wildman–Crippen MR) is 90.5 cm³/mol. The van der Waals surface area contributed by atoms with E-state index in [1.165, 1.54) is 0 Å². The van der Waals surface area contributed by atoms with Crippen molar-refractivity contribution in [3.8, 4) is 5.75 Å². The van der Waals surface area contributed by atoms with E-state index < -0.39 is 5.54 Å². The number of aliphatic hydroxyl groups is 1. The van der Waals surface area contributed by atoms with Crippen LogP contribution >= 0.6 is 0 Å². The fourth-order valence-corrected chi connectivity index (χ4v) is 3.97. The highest BCUT2D eigenvalue weighted by atomic mass is 16.5. The number of ether oxygens (including phenoxy) is 1. The van der Waals surface area contributed by atoms with Crippen LogP contribution in [0.4, 0.5) is 0 Å². The molecule has 1 aliphatic heterocycles. The van der Waals surface area contributed by atoms with Gasteiger partial charge in [-0.25, -0.2) is 0 Å². The Labute approximate surface area is 137 Å². The number of hydrogen-bond acceptors (Lipinski definition) is 3. The lowest BCUT2D eigenvalue weighted by Crippen LogP contribution is -2.47. The van der Waals surface area contributed by atoms with Crippen LogP contribution in [-0.4, -0.2) is 23.7 Å². The second-order valence-electron chi connectivity index (χ2n) is 7.08. The van der Waals surface area contributed by atoms with Crippen LogP contribution in [0.2, 0.25) is 0 Å². The largest absolute Gasteiger partial charge is 0.509 e. The first-order valence-electron chi connectivity index (χ1n) is 8.30. The number of carbonyl (C=O) groups is 1. The second-order valence-corrected chi connectivity index (χ2v) is 7.08. The number of rotatable bonds is 2. The molecular formula is C19H25NO3. The zero-order valence-electron chi connectivity index (χ0n) is 14.3. The molecule has 0 atom stereocenters. The Balaban J connectivity index is 2.09. The third kappa shape index (κ3) is 2.50. The van der Waals surface area contributed by atoms with E-state index in [-0.39, 0.29) is 11.7 Å². The van der Waals surface area contributed by atoms with Gasteiger partial charge in [0, 0.05) is 0 Å². The molecule has 1 aliphatic carbocycles. The van der Waals surface area contributed by atoms with Crippen molar-refractivity contribution in [1.82, 2.24) is 5.32 Å². The minimum atomic E-state index is -0.558. The third-order valence-corrected chi connectivity index (χ3v) is 5.39. The summed E-state index contributed by atoms with van der Waals surface area (Å²) in [7, 11) is 1.63. The summed E-state index contributed by atoms with van der Waals surface area (Å²) in [6, 6.07) is 3.81. The Kier molecular flexibility index (Phi) is 3.86. The van der Waals surface area contributed by atoms with E-state index in [1.807, 2.05) is 26.0 Å². The molecule has 1 amide bonds. The van der Waals surface area contributed by atoms with Crippen molar-refractivity contribution in [2.45, 2.75) is 52.0 Å². The number of benzene rings is 1. The van der Waals surface area contributed by atoms with Gasteiger partial charge in [0.05, 0.1) is 18.2 Å². The van der Waals surface area contributed by atoms with E-state index in [2.05, 4.69) is 12.2 Å². The average molecular weight is 315 g/mol. The van der Waals surface area contributed by atoms with Crippen molar-refractivity contribution in [1.29, 1.82) is 0 Å². The van der Waals surface area contributed by atoms with Gasteiger partial charge in [-0.3, -0.25) is 4.79 Å². The van der Waals surface area contributed by atoms with Gasteiger partial charge in [-0.15, -0.1) is 0 Å². The molecule has 1 aromatic rings. The van der Waals surface area contributed by atoms with E-state index in [0.717, 1.165) is 48.1 Å². The standard InChI is InChI=1S/C19H25NO3/c1-11-5-7-19(8-6-11)17(21)16(18(22)20-19)15-12(2)9-14(23-4)10-13(15)3/h9-11,21H,5-8H2,1-4H3,(H,20,22). The summed E-state index contributed by atoms with van der Waals surface area (Å²) < 4.78 is 5.29. The van der Waals surface area contributed by atoms with Crippen molar-refractivity contribution in [3.05, 3.63) is 34.6 Å². The van der Waals surface area contributed by atoms with E-state index in [4.69, 9.17) is 4.74 Å². The van der Waals surface area contributed by atoms with Crippen LogP contribution in [0.3, 0.4) is 0 Å². The number of aliphatic hydroxyl groups excluding tert-OH is 1. The van der Waals surface area contributed by atoms with Crippen LogP contribution in [-0.2, 0) is 4.79 Å². The molecule has 3 rings (SSSR count). The van der Waals surface area contributed by atoms with E-state index in [0.29, 0.717) is 11.5 Å². The molecule has 1 aromatic carbocycles. The van der Waals surface area contributed by atoms with Gasteiger partial charge in [-0.1, -0.05) is 6.92 Å². The molecule has 0 saturated heterocycles. The Morgan fingerprint density at radius 1 is 1.22 bits per heavy atom.